The van der Waals surface area contributed by atoms with Crippen LogP contribution in [-0.4, -0.2) is 20.9 Å². The van der Waals surface area contributed by atoms with Gasteiger partial charge in [-0.2, -0.15) is 5.10 Å². The van der Waals surface area contributed by atoms with Crippen LogP contribution < -0.4 is 0 Å². The fourth-order valence-electron chi connectivity index (χ4n) is 1.12. The summed E-state index contributed by atoms with van der Waals surface area (Å²) in [6, 6.07) is -0.130. The first kappa shape index (κ1) is 11.0. The molecule has 1 heterocycles. The van der Waals surface area contributed by atoms with Gasteiger partial charge in [0.15, 0.2) is 0 Å². The van der Waals surface area contributed by atoms with Gasteiger partial charge in [-0.3, -0.25) is 4.68 Å². The zero-order valence-corrected chi connectivity index (χ0v) is 8.49. The average molecular weight is 221 g/mol. The van der Waals surface area contributed by atoms with Gasteiger partial charge >= 0.3 is 5.97 Å². The highest BCUT2D eigenvalue weighted by molar-refractivity contribution is 6.31. The largest absolute Gasteiger partial charge is 0.479 e. The Hall–Kier alpha value is -1.10. The molecule has 1 N–H and O–H groups in total. The van der Waals surface area contributed by atoms with E-state index in [1.807, 2.05) is 0 Å². The summed E-state index contributed by atoms with van der Waals surface area (Å²) in [6.07, 6.45) is -0.890. The van der Waals surface area contributed by atoms with E-state index in [2.05, 4.69) is 5.10 Å². The van der Waals surface area contributed by atoms with Crippen molar-refractivity contribution in [3.8, 4) is 0 Å². The first-order valence-electron chi connectivity index (χ1n) is 4.05. The van der Waals surface area contributed by atoms with E-state index in [4.69, 9.17) is 16.7 Å². The fraction of sp³-hybridized carbons (Fsp3) is 0.500. The highest BCUT2D eigenvalue weighted by Gasteiger charge is 2.27. The number of aliphatic carboxylic acids is 1. The van der Waals surface area contributed by atoms with Crippen molar-refractivity contribution in [2.75, 3.05) is 0 Å². The molecule has 0 aromatic carbocycles. The fourth-order valence-corrected chi connectivity index (χ4v) is 1.34. The average Bonchev–Trinajstić information content (AvgIpc) is 2.45. The van der Waals surface area contributed by atoms with Gasteiger partial charge < -0.3 is 5.11 Å². The van der Waals surface area contributed by atoms with Gasteiger partial charge in [0.1, 0.15) is 5.69 Å². The van der Waals surface area contributed by atoms with E-state index >= 15 is 0 Å². The number of carboxylic acids is 1. The zero-order valence-electron chi connectivity index (χ0n) is 7.74. The molecule has 1 atom stereocenters. The Balaban J connectivity index is 3.17. The number of rotatable bonds is 3. The molecule has 0 aliphatic heterocycles. The Bertz CT molecular complexity index is 351. The predicted molar refractivity (Wildman–Crippen MR) is 49.1 cm³/mol. The van der Waals surface area contributed by atoms with Crippen molar-refractivity contribution in [1.29, 1.82) is 0 Å². The minimum Gasteiger partial charge on any atom is -0.479 e. The number of nitrogens with zero attached hydrogens (tertiary/aromatic N) is 2. The van der Waals surface area contributed by atoms with Gasteiger partial charge in [0.2, 0.25) is 6.17 Å². The third-order valence-corrected chi connectivity index (χ3v) is 2.02. The number of halogens is 2. The number of hydrogen-bond donors (Lipinski definition) is 1. The summed E-state index contributed by atoms with van der Waals surface area (Å²) in [6.45, 7) is 3.53. The molecule has 0 aliphatic carbocycles. The number of alkyl halides is 1. The van der Waals surface area contributed by atoms with Crippen LogP contribution in [0.4, 0.5) is 4.39 Å². The summed E-state index contributed by atoms with van der Waals surface area (Å²) < 4.78 is 14.5. The second kappa shape index (κ2) is 3.96. The van der Waals surface area contributed by atoms with Crippen LogP contribution in [0.15, 0.2) is 6.20 Å². The molecule has 0 saturated carbocycles. The second-order valence-corrected chi connectivity index (χ2v) is 3.52. The molecule has 1 unspecified atom stereocenters. The van der Waals surface area contributed by atoms with E-state index in [0.29, 0.717) is 0 Å². The van der Waals surface area contributed by atoms with Gasteiger partial charge in [-0.05, 0) is 13.8 Å². The molecule has 78 valence electrons. The van der Waals surface area contributed by atoms with E-state index in [-0.39, 0.29) is 16.8 Å². The van der Waals surface area contributed by atoms with Crippen LogP contribution in [0.1, 0.15) is 31.8 Å². The third-order valence-electron chi connectivity index (χ3n) is 1.73. The summed E-state index contributed by atoms with van der Waals surface area (Å²) in [5, 5.41) is 12.3. The summed E-state index contributed by atoms with van der Waals surface area (Å²) in [5.41, 5.74) is -0.103. The van der Waals surface area contributed by atoms with Crippen LogP contribution in [0.5, 0.6) is 0 Å². The van der Waals surface area contributed by atoms with Gasteiger partial charge in [0.25, 0.3) is 0 Å². The molecule has 6 heteroatoms. The van der Waals surface area contributed by atoms with E-state index in [1.165, 1.54) is 10.9 Å². The Morgan fingerprint density at radius 1 is 1.71 bits per heavy atom. The van der Waals surface area contributed by atoms with Crippen molar-refractivity contribution in [3.63, 3.8) is 0 Å². The van der Waals surface area contributed by atoms with Crippen molar-refractivity contribution in [2.45, 2.75) is 26.1 Å². The smallest absolute Gasteiger partial charge is 0.344 e. The van der Waals surface area contributed by atoms with Gasteiger partial charge in [-0.25, -0.2) is 9.18 Å². The molecule has 1 rings (SSSR count). The molecule has 1 aromatic heterocycles. The van der Waals surface area contributed by atoms with Crippen molar-refractivity contribution in [3.05, 3.63) is 16.9 Å². The standard InChI is InChI=1S/C8H10ClFN2O2/c1-4(2)12-7(5(9)3-11-12)6(10)8(13)14/h3-4,6H,1-2H3,(H,13,14). The maximum Gasteiger partial charge on any atom is 0.344 e. The monoisotopic (exact) mass is 220 g/mol. The molecule has 1 aromatic rings. The molecule has 0 spiro atoms. The Labute approximate surface area is 85.3 Å². The maximum atomic E-state index is 13.2. The van der Waals surface area contributed by atoms with Crippen LogP contribution in [0.2, 0.25) is 5.02 Å². The van der Waals surface area contributed by atoms with Crippen LogP contribution in [-0.2, 0) is 4.79 Å². The first-order valence-corrected chi connectivity index (χ1v) is 4.42. The van der Waals surface area contributed by atoms with Crippen molar-refractivity contribution in [2.24, 2.45) is 0 Å². The molecule has 4 nitrogen and oxygen atoms in total. The molecule has 0 saturated heterocycles. The summed E-state index contributed by atoms with van der Waals surface area (Å²) in [4.78, 5) is 10.4. The third kappa shape index (κ3) is 1.87. The zero-order chi connectivity index (χ0) is 10.9. The molecule has 0 bridgehead atoms. The van der Waals surface area contributed by atoms with Gasteiger partial charge in [0, 0.05) is 6.04 Å². The quantitative estimate of drug-likeness (QED) is 0.850. The van der Waals surface area contributed by atoms with E-state index in [9.17, 15) is 9.18 Å². The Kier molecular flexibility index (Phi) is 3.10. The van der Waals surface area contributed by atoms with Gasteiger partial charge in [-0.15, -0.1) is 0 Å². The van der Waals surface area contributed by atoms with Crippen LogP contribution in [0, 0.1) is 0 Å². The number of carboxylic acid groups (broad SMARTS) is 1. The lowest BCUT2D eigenvalue weighted by atomic mass is 10.2. The molecule has 14 heavy (non-hydrogen) atoms. The Morgan fingerprint density at radius 2 is 2.29 bits per heavy atom. The van der Waals surface area contributed by atoms with E-state index in [0.717, 1.165) is 0 Å². The maximum absolute atomic E-state index is 13.2. The summed E-state index contributed by atoms with van der Waals surface area (Å²) >= 11 is 5.64. The molecule has 0 aliphatic rings. The Morgan fingerprint density at radius 3 is 2.71 bits per heavy atom. The topological polar surface area (TPSA) is 55.1 Å². The minimum absolute atomic E-state index is 0.0357. The highest BCUT2D eigenvalue weighted by Crippen LogP contribution is 2.27. The van der Waals surface area contributed by atoms with Crippen molar-refractivity contribution in [1.82, 2.24) is 9.78 Å². The van der Waals surface area contributed by atoms with Crippen LogP contribution in [0.25, 0.3) is 0 Å². The molecular formula is C8H10ClFN2O2. The van der Waals surface area contributed by atoms with Crippen molar-refractivity contribution < 1.29 is 14.3 Å². The second-order valence-electron chi connectivity index (χ2n) is 3.12. The van der Waals surface area contributed by atoms with E-state index < -0.39 is 12.1 Å². The van der Waals surface area contributed by atoms with Crippen molar-refractivity contribution >= 4 is 17.6 Å². The minimum atomic E-state index is -2.13. The van der Waals surface area contributed by atoms with Gasteiger partial charge in [-0.1, -0.05) is 11.6 Å². The van der Waals surface area contributed by atoms with E-state index in [1.54, 1.807) is 13.8 Å². The summed E-state index contributed by atoms with van der Waals surface area (Å²) in [5.74, 6) is -1.56. The summed E-state index contributed by atoms with van der Waals surface area (Å²) in [7, 11) is 0. The molecule has 0 amide bonds. The van der Waals surface area contributed by atoms with Crippen LogP contribution >= 0.6 is 11.6 Å². The molecule has 0 fully saturated rings. The predicted octanol–water partition coefficient (Wildman–Crippen LogP) is 2.21. The number of carbonyl (C=O) groups is 1. The normalized spacial score (nSPS) is 13.2. The lowest BCUT2D eigenvalue weighted by molar-refractivity contribution is -0.143. The molecule has 0 radical (unpaired) electrons. The number of aromatic nitrogens is 2. The lowest BCUT2D eigenvalue weighted by Crippen LogP contribution is -2.15. The SMILES string of the molecule is CC(C)n1ncc(Cl)c1C(F)C(=O)O. The van der Waals surface area contributed by atoms with Crippen LogP contribution in [0.3, 0.4) is 0 Å². The lowest BCUT2D eigenvalue weighted by Gasteiger charge is -2.11. The highest BCUT2D eigenvalue weighted by atomic mass is 35.5. The number of hydrogen-bond acceptors (Lipinski definition) is 2. The van der Waals surface area contributed by atoms with Gasteiger partial charge in [0.05, 0.1) is 11.2 Å². The first-order chi connectivity index (χ1) is 6.45. The molecular weight excluding hydrogens is 211 g/mol.